The zero-order chi connectivity index (χ0) is 17.1. The first-order valence-electron chi connectivity index (χ1n) is 8.82. The van der Waals surface area contributed by atoms with Gasteiger partial charge in [-0.25, -0.2) is 0 Å². The maximum Gasteiger partial charge on any atom is 0.307 e. The molecule has 4 bridgehead atoms. The third-order valence-electron chi connectivity index (χ3n) is 7.86. The van der Waals surface area contributed by atoms with Crippen LogP contribution in [0.1, 0.15) is 39.5 Å². The minimum atomic E-state index is -0.905. The second kappa shape index (κ2) is 3.91. The minimum Gasteiger partial charge on any atom is -0.481 e. The Hall–Kier alpha value is -1.33. The van der Waals surface area contributed by atoms with Crippen molar-refractivity contribution in [3.8, 4) is 0 Å². The first-order chi connectivity index (χ1) is 11.2. The van der Waals surface area contributed by atoms with Gasteiger partial charge in [0.25, 0.3) is 0 Å². The van der Waals surface area contributed by atoms with Gasteiger partial charge < -0.3 is 19.7 Å². The minimum absolute atomic E-state index is 0.0834. The summed E-state index contributed by atoms with van der Waals surface area (Å²) in [6.45, 7) is 8.20. The fourth-order valence-electron chi connectivity index (χ4n) is 7.11. The van der Waals surface area contributed by atoms with Crippen molar-refractivity contribution in [3.63, 3.8) is 0 Å². The standard InChI is InChI=1S/C19H24O5/c1-10-8-17-9-18(10,22)5-4-11(17)19-6-7-23-15(24-19)16(2,3)13(19)12(17)14(20)21/h6-7,11-13,15,22H,1,4-5,8-9H2,2-3H3,(H,20,21)/t11-,12-,13-,15-,17+,18+,19-/m1/s1. The summed E-state index contributed by atoms with van der Waals surface area (Å²) in [5.41, 5.74) is -1.57. The van der Waals surface area contributed by atoms with Crippen molar-refractivity contribution in [1.29, 1.82) is 0 Å². The lowest BCUT2D eigenvalue weighted by atomic mass is 9.62. The monoisotopic (exact) mass is 332 g/mol. The van der Waals surface area contributed by atoms with Gasteiger partial charge in [-0.15, -0.1) is 0 Å². The van der Waals surface area contributed by atoms with Gasteiger partial charge in [0.05, 0.1) is 17.8 Å². The van der Waals surface area contributed by atoms with E-state index in [0.717, 1.165) is 12.0 Å². The maximum absolute atomic E-state index is 12.4. The quantitative estimate of drug-likeness (QED) is 0.722. The molecule has 0 aromatic heterocycles. The third-order valence-corrected chi connectivity index (χ3v) is 7.86. The Balaban J connectivity index is 1.76. The number of rotatable bonds is 1. The van der Waals surface area contributed by atoms with Crippen molar-refractivity contribution in [2.75, 3.05) is 0 Å². The number of carboxylic acid groups (broad SMARTS) is 1. The van der Waals surface area contributed by atoms with Crippen LogP contribution in [-0.2, 0) is 14.3 Å². The van der Waals surface area contributed by atoms with E-state index in [1.807, 2.05) is 6.08 Å². The van der Waals surface area contributed by atoms with Gasteiger partial charge in [0, 0.05) is 11.3 Å². The number of carbonyl (C=O) groups is 1. The second-order valence-corrected chi connectivity index (χ2v) is 9.17. The van der Waals surface area contributed by atoms with Crippen molar-refractivity contribution in [2.24, 2.45) is 28.6 Å². The molecule has 0 aromatic carbocycles. The summed E-state index contributed by atoms with van der Waals surface area (Å²) in [5.74, 6) is -1.41. The third kappa shape index (κ3) is 1.33. The molecular weight excluding hydrogens is 308 g/mol. The largest absolute Gasteiger partial charge is 0.481 e. The molecule has 3 aliphatic carbocycles. The summed E-state index contributed by atoms with van der Waals surface area (Å²) in [5, 5.41) is 21.2. The van der Waals surface area contributed by atoms with E-state index in [1.165, 1.54) is 0 Å². The Bertz CT molecular complexity index is 696. The number of hydrogen-bond acceptors (Lipinski definition) is 4. The Labute approximate surface area is 141 Å². The lowest BCUT2D eigenvalue weighted by Gasteiger charge is -2.46. The van der Waals surface area contributed by atoms with Crippen LogP contribution < -0.4 is 0 Å². The molecule has 0 radical (unpaired) electrons. The van der Waals surface area contributed by atoms with Gasteiger partial charge in [0.2, 0.25) is 6.29 Å². The van der Waals surface area contributed by atoms with Crippen LogP contribution in [0.2, 0.25) is 0 Å². The molecule has 0 aromatic rings. The van der Waals surface area contributed by atoms with Gasteiger partial charge in [0.1, 0.15) is 5.60 Å². The van der Waals surface area contributed by atoms with E-state index >= 15 is 0 Å². The predicted octanol–water partition coefficient (Wildman–Crippen LogP) is 2.46. The number of aliphatic hydroxyl groups is 1. The van der Waals surface area contributed by atoms with E-state index in [4.69, 9.17) is 9.47 Å². The summed E-state index contributed by atoms with van der Waals surface area (Å²) in [6.07, 6.45) is 5.75. The Kier molecular flexibility index (Phi) is 2.44. The van der Waals surface area contributed by atoms with Crippen LogP contribution in [0.5, 0.6) is 0 Å². The Morgan fingerprint density at radius 3 is 2.88 bits per heavy atom. The zero-order valence-corrected chi connectivity index (χ0v) is 14.1. The SMILES string of the molecule is C=C1C[C@]23C[C@@]1(O)CC[C@H]2[C@@]12C=CO[C@H](O1)C(C)(C)[C@H]2[C@@H]3C(=O)O. The smallest absolute Gasteiger partial charge is 0.307 e. The summed E-state index contributed by atoms with van der Waals surface area (Å²) in [7, 11) is 0. The highest BCUT2D eigenvalue weighted by atomic mass is 16.7. The van der Waals surface area contributed by atoms with E-state index < -0.39 is 40.2 Å². The Morgan fingerprint density at radius 2 is 2.17 bits per heavy atom. The van der Waals surface area contributed by atoms with E-state index in [-0.39, 0.29) is 11.8 Å². The lowest BCUT2D eigenvalue weighted by Crippen LogP contribution is -2.48. The molecule has 0 unspecified atom stereocenters. The number of fused-ring (bicyclic) bond motifs is 2. The molecule has 2 N–H and O–H groups in total. The highest BCUT2D eigenvalue weighted by Gasteiger charge is 2.81. The number of ether oxygens (including phenoxy) is 2. The number of carboxylic acids is 1. The molecule has 7 atom stereocenters. The summed E-state index contributed by atoms with van der Waals surface area (Å²) < 4.78 is 12.1. The van der Waals surface area contributed by atoms with Gasteiger partial charge in [0.15, 0.2) is 0 Å². The fourth-order valence-corrected chi connectivity index (χ4v) is 7.11. The summed E-state index contributed by atoms with van der Waals surface area (Å²) in [6, 6.07) is 0. The molecule has 5 nitrogen and oxygen atoms in total. The molecule has 130 valence electrons. The second-order valence-electron chi connectivity index (χ2n) is 9.17. The van der Waals surface area contributed by atoms with Gasteiger partial charge in [-0.05, 0) is 48.7 Å². The normalized spacial score (nSPS) is 55.9. The van der Waals surface area contributed by atoms with E-state index in [2.05, 4.69) is 20.4 Å². The molecule has 2 heterocycles. The van der Waals surface area contributed by atoms with Crippen LogP contribution >= 0.6 is 0 Å². The molecule has 3 saturated carbocycles. The first kappa shape index (κ1) is 15.0. The first-order valence-corrected chi connectivity index (χ1v) is 8.82. The summed E-state index contributed by atoms with van der Waals surface area (Å²) in [4.78, 5) is 12.4. The molecule has 2 aliphatic heterocycles. The van der Waals surface area contributed by atoms with Crippen LogP contribution in [0.4, 0.5) is 0 Å². The van der Waals surface area contributed by atoms with Gasteiger partial charge in [-0.1, -0.05) is 20.4 Å². The fraction of sp³-hybridized carbons (Fsp3) is 0.737. The zero-order valence-electron chi connectivity index (χ0n) is 14.1. The number of aliphatic carboxylic acids is 1. The topological polar surface area (TPSA) is 76.0 Å². The van der Waals surface area contributed by atoms with Crippen LogP contribution in [0.3, 0.4) is 0 Å². The highest BCUT2D eigenvalue weighted by molar-refractivity contribution is 5.74. The van der Waals surface area contributed by atoms with Crippen molar-refractivity contribution >= 4 is 5.97 Å². The van der Waals surface area contributed by atoms with E-state index in [9.17, 15) is 15.0 Å². The molecule has 4 fully saturated rings. The molecule has 1 saturated heterocycles. The lowest BCUT2D eigenvalue weighted by molar-refractivity contribution is -0.197. The molecule has 5 aliphatic rings. The van der Waals surface area contributed by atoms with Crippen LogP contribution in [0.25, 0.3) is 0 Å². The molecular formula is C19H24O5. The van der Waals surface area contributed by atoms with Gasteiger partial charge in [-0.3, -0.25) is 4.79 Å². The predicted molar refractivity (Wildman–Crippen MR) is 84.7 cm³/mol. The molecule has 24 heavy (non-hydrogen) atoms. The Morgan fingerprint density at radius 1 is 1.42 bits per heavy atom. The molecule has 0 amide bonds. The number of hydrogen-bond donors (Lipinski definition) is 2. The van der Waals surface area contributed by atoms with Crippen LogP contribution in [0, 0.1) is 28.6 Å². The van der Waals surface area contributed by atoms with Crippen LogP contribution in [0.15, 0.2) is 24.5 Å². The van der Waals surface area contributed by atoms with Gasteiger partial charge >= 0.3 is 5.97 Å². The van der Waals surface area contributed by atoms with E-state index in [1.54, 1.807) is 6.26 Å². The molecule has 5 heteroatoms. The van der Waals surface area contributed by atoms with Crippen molar-refractivity contribution in [3.05, 3.63) is 24.5 Å². The molecule has 2 spiro atoms. The van der Waals surface area contributed by atoms with Crippen molar-refractivity contribution < 1.29 is 24.5 Å². The highest BCUT2D eigenvalue weighted by Crippen LogP contribution is 2.77. The average Bonchev–Trinajstić information content (AvgIpc) is 2.90. The average molecular weight is 332 g/mol. The van der Waals surface area contributed by atoms with Crippen molar-refractivity contribution in [2.45, 2.75) is 57.0 Å². The summed E-state index contributed by atoms with van der Waals surface area (Å²) >= 11 is 0. The maximum atomic E-state index is 12.4. The van der Waals surface area contributed by atoms with E-state index in [0.29, 0.717) is 19.3 Å². The van der Waals surface area contributed by atoms with Gasteiger partial charge in [-0.2, -0.15) is 0 Å². The van der Waals surface area contributed by atoms with Crippen molar-refractivity contribution in [1.82, 2.24) is 0 Å². The van der Waals surface area contributed by atoms with Crippen LogP contribution in [-0.4, -0.2) is 33.7 Å². The molecule has 5 rings (SSSR count).